The number of hydrogen-bond donors (Lipinski definition) is 2. The Morgan fingerprint density at radius 3 is 1.88 bits per heavy atom. The second-order valence-corrected chi connectivity index (χ2v) is 6.76. The molecule has 11 nitrogen and oxygen atoms in total. The zero-order valence-electron chi connectivity index (χ0n) is 18.1. The standard InChI is InChI=1S/C22H21N5O6/c1-4-13-5-7-16(8-6-13)25-19-18(27(30)31)20(24-12-23-19)26-17-10-14(21(28)32-2)9-15(11-17)22(29)33-3/h5-12H,4H2,1-3H3,(H2,23,24,25,26). The number of carbonyl (C=O) groups is 2. The maximum atomic E-state index is 12.0. The summed E-state index contributed by atoms with van der Waals surface area (Å²) in [5.74, 6) is -1.56. The van der Waals surface area contributed by atoms with E-state index < -0.39 is 22.5 Å². The minimum atomic E-state index is -0.695. The van der Waals surface area contributed by atoms with E-state index in [-0.39, 0.29) is 28.5 Å². The minimum Gasteiger partial charge on any atom is -0.465 e. The van der Waals surface area contributed by atoms with Gasteiger partial charge in [0, 0.05) is 11.4 Å². The van der Waals surface area contributed by atoms with Crippen LogP contribution >= 0.6 is 0 Å². The van der Waals surface area contributed by atoms with Crippen LogP contribution < -0.4 is 10.6 Å². The Balaban J connectivity index is 2.01. The van der Waals surface area contributed by atoms with Gasteiger partial charge in [0.2, 0.25) is 11.6 Å². The molecule has 0 aliphatic rings. The third-order valence-corrected chi connectivity index (χ3v) is 4.67. The number of carbonyl (C=O) groups excluding carboxylic acids is 2. The molecule has 3 aromatic rings. The summed E-state index contributed by atoms with van der Waals surface area (Å²) in [4.78, 5) is 43.2. The molecule has 1 heterocycles. The Hall–Kier alpha value is -4.54. The molecule has 0 unspecified atom stereocenters. The summed E-state index contributed by atoms with van der Waals surface area (Å²) in [6.07, 6.45) is 2.02. The lowest BCUT2D eigenvalue weighted by molar-refractivity contribution is -0.383. The van der Waals surface area contributed by atoms with Crippen molar-refractivity contribution < 1.29 is 24.0 Å². The van der Waals surface area contributed by atoms with Crippen molar-refractivity contribution in [2.45, 2.75) is 13.3 Å². The summed E-state index contributed by atoms with van der Waals surface area (Å²) in [6, 6.07) is 11.4. The van der Waals surface area contributed by atoms with E-state index in [1.54, 1.807) is 12.1 Å². The SMILES string of the molecule is CCc1ccc(Nc2ncnc(Nc3cc(C(=O)OC)cc(C(=O)OC)c3)c2[N+](=O)[O-])cc1. The number of hydrogen-bond acceptors (Lipinski definition) is 10. The molecule has 1 aromatic heterocycles. The zero-order chi connectivity index (χ0) is 24.0. The fraction of sp³-hybridized carbons (Fsp3) is 0.182. The Bertz CT molecular complexity index is 1160. The van der Waals surface area contributed by atoms with Crippen LogP contribution in [0.25, 0.3) is 0 Å². The van der Waals surface area contributed by atoms with Crippen LogP contribution in [0.15, 0.2) is 48.8 Å². The van der Waals surface area contributed by atoms with E-state index in [4.69, 9.17) is 9.47 Å². The first-order valence-corrected chi connectivity index (χ1v) is 9.80. The van der Waals surface area contributed by atoms with E-state index in [0.29, 0.717) is 5.69 Å². The molecule has 2 N–H and O–H groups in total. The zero-order valence-corrected chi connectivity index (χ0v) is 18.1. The third kappa shape index (κ3) is 5.39. The highest BCUT2D eigenvalue weighted by molar-refractivity contribution is 5.97. The molecule has 0 aliphatic heterocycles. The minimum absolute atomic E-state index is 0.0286. The third-order valence-electron chi connectivity index (χ3n) is 4.67. The predicted molar refractivity (Wildman–Crippen MR) is 120 cm³/mol. The lowest BCUT2D eigenvalue weighted by Crippen LogP contribution is -2.09. The van der Waals surface area contributed by atoms with Crippen LogP contribution in [0, 0.1) is 10.1 Å². The number of anilines is 4. The number of aromatic nitrogens is 2. The van der Waals surface area contributed by atoms with Crippen LogP contribution in [-0.4, -0.2) is 41.0 Å². The van der Waals surface area contributed by atoms with Crippen molar-refractivity contribution in [3.63, 3.8) is 0 Å². The molecule has 2 aromatic carbocycles. The molecule has 0 saturated carbocycles. The summed E-state index contributed by atoms with van der Waals surface area (Å²) in [5.41, 5.74) is 1.61. The van der Waals surface area contributed by atoms with Gasteiger partial charge in [0.25, 0.3) is 0 Å². The molecule has 0 amide bonds. The fourth-order valence-corrected chi connectivity index (χ4v) is 3.00. The van der Waals surface area contributed by atoms with E-state index in [2.05, 4.69) is 20.6 Å². The summed E-state index contributed by atoms with van der Waals surface area (Å²) < 4.78 is 9.42. The van der Waals surface area contributed by atoms with Crippen molar-refractivity contribution in [1.29, 1.82) is 0 Å². The van der Waals surface area contributed by atoms with Gasteiger partial charge in [-0.05, 0) is 42.3 Å². The Morgan fingerprint density at radius 1 is 0.909 bits per heavy atom. The van der Waals surface area contributed by atoms with E-state index in [0.717, 1.165) is 18.3 Å². The highest BCUT2D eigenvalue weighted by Crippen LogP contribution is 2.33. The maximum Gasteiger partial charge on any atom is 0.353 e. The van der Waals surface area contributed by atoms with Gasteiger partial charge < -0.3 is 20.1 Å². The van der Waals surface area contributed by atoms with Gasteiger partial charge in [-0.25, -0.2) is 19.6 Å². The number of nitrogens with zero attached hydrogens (tertiary/aromatic N) is 3. The second-order valence-electron chi connectivity index (χ2n) is 6.76. The van der Waals surface area contributed by atoms with E-state index in [1.807, 2.05) is 19.1 Å². The molecule has 0 atom stereocenters. The number of esters is 2. The van der Waals surface area contributed by atoms with Crippen LogP contribution in [0.2, 0.25) is 0 Å². The first-order valence-electron chi connectivity index (χ1n) is 9.80. The van der Waals surface area contributed by atoms with Gasteiger partial charge in [0.1, 0.15) is 6.33 Å². The highest BCUT2D eigenvalue weighted by Gasteiger charge is 2.24. The predicted octanol–water partition coefficient (Wildman–Crippen LogP) is 4.01. The molecule has 170 valence electrons. The van der Waals surface area contributed by atoms with Crippen molar-refractivity contribution in [1.82, 2.24) is 9.97 Å². The summed E-state index contributed by atoms with van der Waals surface area (Å²) in [7, 11) is 2.39. The Labute approximate surface area is 188 Å². The summed E-state index contributed by atoms with van der Waals surface area (Å²) >= 11 is 0. The first-order chi connectivity index (χ1) is 15.9. The van der Waals surface area contributed by atoms with Gasteiger partial charge >= 0.3 is 17.6 Å². The van der Waals surface area contributed by atoms with Crippen LogP contribution in [-0.2, 0) is 15.9 Å². The molecule has 0 aliphatic carbocycles. The molecular formula is C22H21N5O6. The molecule has 11 heteroatoms. The van der Waals surface area contributed by atoms with Gasteiger partial charge in [-0.2, -0.15) is 0 Å². The topological polar surface area (TPSA) is 146 Å². The summed E-state index contributed by atoms with van der Waals surface area (Å²) in [6.45, 7) is 2.02. The smallest absolute Gasteiger partial charge is 0.353 e. The number of nitrogens with one attached hydrogen (secondary N) is 2. The van der Waals surface area contributed by atoms with Gasteiger partial charge in [-0.3, -0.25) is 10.1 Å². The van der Waals surface area contributed by atoms with Gasteiger partial charge in [0.05, 0.1) is 30.3 Å². The maximum absolute atomic E-state index is 12.0. The largest absolute Gasteiger partial charge is 0.465 e. The van der Waals surface area contributed by atoms with Crippen molar-refractivity contribution in [3.8, 4) is 0 Å². The molecule has 0 saturated heterocycles. The van der Waals surface area contributed by atoms with Crippen LogP contribution in [0.5, 0.6) is 0 Å². The lowest BCUT2D eigenvalue weighted by atomic mass is 10.1. The van der Waals surface area contributed by atoms with Gasteiger partial charge in [-0.1, -0.05) is 19.1 Å². The van der Waals surface area contributed by atoms with Crippen LogP contribution in [0.4, 0.5) is 28.7 Å². The quantitative estimate of drug-likeness (QED) is 0.293. The molecule has 0 radical (unpaired) electrons. The first kappa shape index (κ1) is 23.1. The van der Waals surface area contributed by atoms with Gasteiger partial charge in [-0.15, -0.1) is 0 Å². The molecule has 0 spiro atoms. The average Bonchev–Trinajstić information content (AvgIpc) is 2.83. The Kier molecular flexibility index (Phi) is 7.13. The van der Waals surface area contributed by atoms with Crippen molar-refractivity contribution in [3.05, 3.63) is 75.6 Å². The van der Waals surface area contributed by atoms with Crippen LogP contribution in [0.1, 0.15) is 33.2 Å². The number of nitro groups is 1. The van der Waals surface area contributed by atoms with E-state index in [1.165, 1.54) is 32.4 Å². The number of methoxy groups -OCH3 is 2. The summed E-state index contributed by atoms with van der Waals surface area (Å²) in [5, 5.41) is 17.6. The number of rotatable bonds is 8. The highest BCUT2D eigenvalue weighted by atomic mass is 16.6. The van der Waals surface area contributed by atoms with E-state index in [9.17, 15) is 19.7 Å². The van der Waals surface area contributed by atoms with Crippen molar-refractivity contribution in [2.24, 2.45) is 0 Å². The average molecular weight is 451 g/mol. The Morgan fingerprint density at radius 2 is 1.42 bits per heavy atom. The number of benzene rings is 2. The van der Waals surface area contributed by atoms with Gasteiger partial charge in [0.15, 0.2) is 0 Å². The monoisotopic (exact) mass is 451 g/mol. The second kappa shape index (κ2) is 10.2. The van der Waals surface area contributed by atoms with E-state index >= 15 is 0 Å². The van der Waals surface area contributed by atoms with Crippen molar-refractivity contribution >= 4 is 40.6 Å². The van der Waals surface area contributed by atoms with Crippen LogP contribution in [0.3, 0.4) is 0 Å². The number of aryl methyl sites for hydroxylation is 1. The van der Waals surface area contributed by atoms with Crippen molar-refractivity contribution in [2.75, 3.05) is 24.9 Å². The molecule has 33 heavy (non-hydrogen) atoms. The lowest BCUT2D eigenvalue weighted by Gasteiger charge is -2.12. The number of ether oxygens (including phenoxy) is 2. The molecule has 3 rings (SSSR count). The molecular weight excluding hydrogens is 430 g/mol. The molecule has 0 fully saturated rings. The molecule has 0 bridgehead atoms. The fourth-order valence-electron chi connectivity index (χ4n) is 3.00. The normalized spacial score (nSPS) is 10.3.